The Labute approximate surface area is 157 Å². The summed E-state index contributed by atoms with van der Waals surface area (Å²) < 4.78 is 32.4. The molecule has 0 N–H and O–H groups in total. The standard InChI is InChI=1S/C17H28O3S.Na/c1-2-3-4-5-6-7-8-9-10-11-16-12-14-17(15-13-16)21(18,19)20;/h12-15H,2-11H2,1H3,(H,18,19,20);/q;+1/p-1. The van der Waals surface area contributed by atoms with Gasteiger partial charge in [-0.15, -0.1) is 0 Å². The quantitative estimate of drug-likeness (QED) is 0.351. The molecule has 1 aromatic carbocycles. The van der Waals surface area contributed by atoms with Crippen molar-refractivity contribution >= 4 is 10.1 Å². The summed E-state index contributed by atoms with van der Waals surface area (Å²) >= 11 is 0. The van der Waals surface area contributed by atoms with Gasteiger partial charge in [0.05, 0.1) is 4.90 Å². The third-order valence-electron chi connectivity index (χ3n) is 3.78. The van der Waals surface area contributed by atoms with E-state index in [4.69, 9.17) is 0 Å². The molecule has 0 aliphatic rings. The Bertz CT molecular complexity index is 483. The van der Waals surface area contributed by atoms with Gasteiger partial charge >= 0.3 is 29.6 Å². The number of aryl methyl sites for hydroxylation is 1. The minimum atomic E-state index is -4.31. The van der Waals surface area contributed by atoms with Crippen LogP contribution in [-0.2, 0) is 16.5 Å². The largest absolute Gasteiger partial charge is 1.00 e. The minimum Gasteiger partial charge on any atom is -0.744 e. The third-order valence-corrected chi connectivity index (χ3v) is 4.63. The van der Waals surface area contributed by atoms with E-state index in [9.17, 15) is 13.0 Å². The Morgan fingerprint density at radius 3 is 1.73 bits per heavy atom. The van der Waals surface area contributed by atoms with Crippen molar-refractivity contribution in [1.29, 1.82) is 0 Å². The first kappa shape index (κ1) is 22.1. The number of rotatable bonds is 11. The molecule has 0 aromatic heterocycles. The summed E-state index contributed by atoms with van der Waals surface area (Å²) in [6.07, 6.45) is 12.6. The van der Waals surface area contributed by atoms with Gasteiger partial charge in [-0.1, -0.05) is 70.4 Å². The van der Waals surface area contributed by atoms with Gasteiger partial charge in [0.25, 0.3) is 0 Å². The predicted octanol–water partition coefficient (Wildman–Crippen LogP) is 1.67. The third kappa shape index (κ3) is 10.0. The SMILES string of the molecule is CCCCCCCCCCCc1ccc(S(=O)(=O)[O-])cc1.[Na+]. The summed E-state index contributed by atoms with van der Waals surface area (Å²) in [5.41, 5.74) is 1.10. The summed E-state index contributed by atoms with van der Waals surface area (Å²) in [6, 6.07) is 6.31. The number of hydrogen-bond donors (Lipinski definition) is 0. The maximum atomic E-state index is 10.8. The molecule has 5 heteroatoms. The normalized spacial score (nSPS) is 11.2. The van der Waals surface area contributed by atoms with Crippen molar-refractivity contribution in [2.45, 2.75) is 76.0 Å². The van der Waals surface area contributed by atoms with Crippen molar-refractivity contribution in [1.82, 2.24) is 0 Å². The maximum absolute atomic E-state index is 10.8. The molecule has 0 saturated heterocycles. The average molecular weight is 334 g/mol. The van der Waals surface area contributed by atoms with E-state index in [0.717, 1.165) is 18.4 Å². The molecule has 0 heterocycles. The number of benzene rings is 1. The fourth-order valence-corrected chi connectivity index (χ4v) is 2.93. The van der Waals surface area contributed by atoms with Crippen molar-refractivity contribution < 1.29 is 42.5 Å². The average Bonchev–Trinajstić information content (AvgIpc) is 2.45. The number of unbranched alkanes of at least 4 members (excludes halogenated alkanes) is 8. The summed E-state index contributed by atoms with van der Waals surface area (Å²) in [5, 5.41) is 0. The van der Waals surface area contributed by atoms with Crippen LogP contribution in [0.4, 0.5) is 0 Å². The maximum Gasteiger partial charge on any atom is 1.00 e. The molecular weight excluding hydrogens is 307 g/mol. The Hall–Kier alpha value is 0.130. The Kier molecular flexibility index (Phi) is 12.6. The van der Waals surface area contributed by atoms with Crippen LogP contribution in [0.2, 0.25) is 0 Å². The fraction of sp³-hybridized carbons (Fsp3) is 0.647. The van der Waals surface area contributed by atoms with Gasteiger partial charge in [-0.05, 0) is 30.5 Å². The molecular formula is C17H27NaO3S. The zero-order valence-electron chi connectivity index (χ0n) is 14.0. The van der Waals surface area contributed by atoms with Gasteiger partial charge in [0.15, 0.2) is 0 Å². The van der Waals surface area contributed by atoms with Crippen molar-refractivity contribution in [2.75, 3.05) is 0 Å². The van der Waals surface area contributed by atoms with Crippen LogP contribution in [0.25, 0.3) is 0 Å². The Morgan fingerprint density at radius 2 is 1.27 bits per heavy atom. The first-order valence-electron chi connectivity index (χ1n) is 8.09. The van der Waals surface area contributed by atoms with E-state index in [2.05, 4.69) is 6.92 Å². The fourth-order valence-electron chi connectivity index (χ4n) is 2.46. The zero-order chi connectivity index (χ0) is 15.6. The van der Waals surface area contributed by atoms with Gasteiger partial charge < -0.3 is 4.55 Å². The van der Waals surface area contributed by atoms with Crippen LogP contribution in [0, 0.1) is 0 Å². The van der Waals surface area contributed by atoms with Crippen LogP contribution in [0.15, 0.2) is 29.2 Å². The van der Waals surface area contributed by atoms with Gasteiger partial charge in [0.2, 0.25) is 0 Å². The molecule has 0 aliphatic carbocycles. The molecule has 0 spiro atoms. The molecule has 0 atom stereocenters. The molecule has 0 amide bonds. The molecule has 22 heavy (non-hydrogen) atoms. The van der Waals surface area contributed by atoms with Crippen LogP contribution in [0.3, 0.4) is 0 Å². The second-order valence-corrected chi connectivity index (χ2v) is 7.06. The van der Waals surface area contributed by atoms with E-state index in [1.54, 1.807) is 12.1 Å². The Balaban J connectivity index is 0.00000441. The van der Waals surface area contributed by atoms with Gasteiger partial charge in [0, 0.05) is 0 Å². The van der Waals surface area contributed by atoms with Crippen molar-refractivity contribution in [2.24, 2.45) is 0 Å². The molecule has 0 bridgehead atoms. The van der Waals surface area contributed by atoms with E-state index < -0.39 is 10.1 Å². The van der Waals surface area contributed by atoms with Gasteiger partial charge in [0.1, 0.15) is 10.1 Å². The van der Waals surface area contributed by atoms with E-state index in [1.165, 1.54) is 63.5 Å². The van der Waals surface area contributed by atoms with Crippen molar-refractivity contribution in [3.8, 4) is 0 Å². The molecule has 0 saturated carbocycles. The van der Waals surface area contributed by atoms with Gasteiger partial charge in [-0.2, -0.15) is 0 Å². The summed E-state index contributed by atoms with van der Waals surface area (Å²) in [7, 11) is -4.31. The van der Waals surface area contributed by atoms with E-state index in [0.29, 0.717) is 0 Å². The molecule has 1 aromatic rings. The van der Waals surface area contributed by atoms with Crippen LogP contribution in [0.5, 0.6) is 0 Å². The van der Waals surface area contributed by atoms with Crippen molar-refractivity contribution in [3.63, 3.8) is 0 Å². The van der Waals surface area contributed by atoms with E-state index in [1.807, 2.05) is 0 Å². The molecule has 0 fully saturated rings. The van der Waals surface area contributed by atoms with Crippen LogP contribution >= 0.6 is 0 Å². The molecule has 120 valence electrons. The molecule has 0 unspecified atom stereocenters. The smallest absolute Gasteiger partial charge is 0.744 e. The van der Waals surface area contributed by atoms with E-state index in [-0.39, 0.29) is 34.5 Å². The van der Waals surface area contributed by atoms with Crippen molar-refractivity contribution in [3.05, 3.63) is 29.8 Å². The van der Waals surface area contributed by atoms with Crippen LogP contribution in [0.1, 0.15) is 70.3 Å². The van der Waals surface area contributed by atoms with Gasteiger partial charge in [-0.3, -0.25) is 0 Å². The minimum absolute atomic E-state index is 0. The van der Waals surface area contributed by atoms with Crippen LogP contribution in [-0.4, -0.2) is 13.0 Å². The second kappa shape index (κ2) is 12.5. The summed E-state index contributed by atoms with van der Waals surface area (Å²) in [5.74, 6) is 0. The first-order valence-corrected chi connectivity index (χ1v) is 9.49. The molecule has 1 rings (SSSR count). The number of hydrogen-bond acceptors (Lipinski definition) is 3. The molecule has 0 aliphatic heterocycles. The van der Waals surface area contributed by atoms with Crippen LogP contribution < -0.4 is 29.6 Å². The monoisotopic (exact) mass is 334 g/mol. The molecule has 0 radical (unpaired) electrons. The van der Waals surface area contributed by atoms with Gasteiger partial charge in [-0.25, -0.2) is 8.42 Å². The Morgan fingerprint density at radius 1 is 0.818 bits per heavy atom. The first-order chi connectivity index (χ1) is 10.0. The second-order valence-electron chi connectivity index (χ2n) is 5.68. The van der Waals surface area contributed by atoms with E-state index >= 15 is 0 Å². The predicted molar refractivity (Wildman–Crippen MR) is 85.3 cm³/mol. The topological polar surface area (TPSA) is 57.2 Å². The summed E-state index contributed by atoms with van der Waals surface area (Å²) in [6.45, 7) is 2.24. The molecule has 3 nitrogen and oxygen atoms in total. The zero-order valence-corrected chi connectivity index (χ0v) is 16.8. The summed E-state index contributed by atoms with van der Waals surface area (Å²) in [4.78, 5) is -0.140.